The molecule has 0 spiro atoms. The summed E-state index contributed by atoms with van der Waals surface area (Å²) in [5.41, 5.74) is 3.36. The molecular weight excluding hydrogens is 426 g/mol. The minimum absolute atomic E-state index is 0.113. The van der Waals surface area contributed by atoms with Gasteiger partial charge in [-0.2, -0.15) is 0 Å². The minimum Gasteiger partial charge on any atom is -0.342 e. The van der Waals surface area contributed by atoms with Gasteiger partial charge in [0.05, 0.1) is 29.3 Å². The summed E-state index contributed by atoms with van der Waals surface area (Å²) < 4.78 is 2.16. The third-order valence-corrected chi connectivity index (χ3v) is 6.61. The number of hydrogen-bond acceptors (Lipinski definition) is 5. The molecule has 0 bridgehead atoms. The van der Waals surface area contributed by atoms with E-state index in [0.717, 1.165) is 60.1 Å². The van der Waals surface area contributed by atoms with E-state index in [0.29, 0.717) is 11.7 Å². The quantitative estimate of drug-likeness (QED) is 0.626. The lowest BCUT2D eigenvalue weighted by atomic mass is 10.0. The van der Waals surface area contributed by atoms with Crippen LogP contribution in [0, 0.1) is 6.92 Å². The summed E-state index contributed by atoms with van der Waals surface area (Å²) >= 11 is 0. The number of carbonyl (C=O) groups is 1. The van der Waals surface area contributed by atoms with Crippen molar-refractivity contribution >= 4 is 28.8 Å². The van der Waals surface area contributed by atoms with E-state index in [4.69, 9.17) is 4.99 Å². The largest absolute Gasteiger partial charge is 0.342 e. The van der Waals surface area contributed by atoms with Gasteiger partial charge in [-0.1, -0.05) is 38.8 Å². The van der Waals surface area contributed by atoms with E-state index in [-0.39, 0.29) is 11.9 Å². The molecule has 1 amide bonds. The van der Waals surface area contributed by atoms with Crippen LogP contribution >= 0.6 is 0 Å². The Hall–Kier alpha value is -3.29. The van der Waals surface area contributed by atoms with Crippen LogP contribution in [0.3, 0.4) is 0 Å². The molecule has 0 radical (unpaired) electrons. The van der Waals surface area contributed by atoms with Gasteiger partial charge in [-0.05, 0) is 45.6 Å². The molecule has 1 aliphatic carbocycles. The highest BCUT2D eigenvalue weighted by molar-refractivity contribution is 6.20. The smallest absolute Gasteiger partial charge is 0.221 e. The van der Waals surface area contributed by atoms with Crippen LogP contribution in [0.25, 0.3) is 11.4 Å². The van der Waals surface area contributed by atoms with Crippen molar-refractivity contribution in [3.63, 3.8) is 0 Å². The third kappa shape index (κ3) is 4.41. The third-order valence-electron chi connectivity index (χ3n) is 6.61. The number of aliphatic imine (C=N–C) groups is 1. The average Bonchev–Trinajstić information content (AvgIpc) is 3.48. The van der Waals surface area contributed by atoms with Crippen molar-refractivity contribution in [3.8, 4) is 0 Å². The number of aryl methyl sites for hydroxylation is 1. The zero-order valence-electron chi connectivity index (χ0n) is 20.9. The van der Waals surface area contributed by atoms with Crippen molar-refractivity contribution < 1.29 is 4.79 Å². The van der Waals surface area contributed by atoms with Crippen molar-refractivity contribution in [3.05, 3.63) is 47.8 Å². The molecule has 2 aromatic rings. The fraction of sp³-hybridized carbons (Fsp3) is 0.500. The number of pyridine rings is 1. The Bertz CT molecular complexity index is 1140. The molecule has 8 nitrogen and oxygen atoms in total. The molecule has 34 heavy (non-hydrogen) atoms. The highest BCUT2D eigenvalue weighted by Gasteiger charge is 2.40. The Balaban J connectivity index is 1.93. The average molecular weight is 462 g/mol. The summed E-state index contributed by atoms with van der Waals surface area (Å²) in [6.07, 6.45) is 14.2. The zero-order chi connectivity index (χ0) is 24.2. The number of fused-ring (bicyclic) bond motifs is 1. The molecule has 180 valence electrons. The van der Waals surface area contributed by atoms with Crippen LogP contribution < -0.4 is 5.32 Å². The Morgan fingerprint density at radius 3 is 2.68 bits per heavy atom. The molecule has 2 aromatic heterocycles. The number of amidine groups is 1. The van der Waals surface area contributed by atoms with Gasteiger partial charge in [-0.3, -0.25) is 14.3 Å². The fourth-order valence-electron chi connectivity index (χ4n) is 5.19. The number of allylic oxidation sites excluding steroid dienone is 2. The van der Waals surface area contributed by atoms with E-state index in [1.54, 1.807) is 12.4 Å². The number of anilines is 1. The second kappa shape index (κ2) is 10.3. The maximum Gasteiger partial charge on any atom is 0.221 e. The summed E-state index contributed by atoms with van der Waals surface area (Å²) in [6.45, 7) is 9.86. The number of amides is 1. The number of aromatic nitrogens is 4. The molecule has 1 atom stereocenters. The van der Waals surface area contributed by atoms with E-state index in [1.165, 1.54) is 19.8 Å². The van der Waals surface area contributed by atoms with Crippen LogP contribution in [-0.2, 0) is 4.79 Å². The van der Waals surface area contributed by atoms with Gasteiger partial charge in [-0.25, -0.2) is 4.99 Å². The number of carbonyl (C=O) groups excluding carboxylic acids is 1. The first kappa shape index (κ1) is 23.9. The molecule has 8 heteroatoms. The van der Waals surface area contributed by atoms with Crippen molar-refractivity contribution in [2.45, 2.75) is 85.2 Å². The first-order valence-electron chi connectivity index (χ1n) is 12.4. The Kier molecular flexibility index (Phi) is 7.24. The Labute approximate surface area is 201 Å². The van der Waals surface area contributed by atoms with Crippen LogP contribution in [0.2, 0.25) is 0 Å². The van der Waals surface area contributed by atoms with E-state index >= 15 is 0 Å². The second-order valence-corrected chi connectivity index (χ2v) is 8.92. The lowest BCUT2D eigenvalue weighted by Crippen LogP contribution is -2.47. The lowest BCUT2D eigenvalue weighted by molar-refractivity contribution is -0.114. The van der Waals surface area contributed by atoms with E-state index < -0.39 is 0 Å². The van der Waals surface area contributed by atoms with Crippen LogP contribution in [0.1, 0.15) is 89.5 Å². The molecule has 1 N–H and O–H groups in total. The van der Waals surface area contributed by atoms with Gasteiger partial charge in [0.15, 0.2) is 11.7 Å². The van der Waals surface area contributed by atoms with Crippen LogP contribution in [0.15, 0.2) is 35.6 Å². The molecule has 4 rings (SSSR count). The van der Waals surface area contributed by atoms with Gasteiger partial charge in [0, 0.05) is 24.7 Å². The van der Waals surface area contributed by atoms with E-state index in [9.17, 15) is 4.79 Å². The van der Waals surface area contributed by atoms with Crippen molar-refractivity contribution in [1.82, 2.24) is 24.6 Å². The van der Waals surface area contributed by atoms with Gasteiger partial charge in [0.2, 0.25) is 5.91 Å². The molecule has 0 saturated heterocycles. The lowest BCUT2D eigenvalue weighted by Gasteiger charge is -2.43. The monoisotopic (exact) mass is 461 g/mol. The molecule has 1 aliphatic heterocycles. The summed E-state index contributed by atoms with van der Waals surface area (Å²) in [6, 6.07) is 2.45. The second-order valence-electron chi connectivity index (χ2n) is 8.92. The molecule has 1 saturated carbocycles. The fourth-order valence-corrected chi connectivity index (χ4v) is 5.19. The van der Waals surface area contributed by atoms with Gasteiger partial charge in [-0.15, -0.1) is 10.2 Å². The number of hydrogen-bond donors (Lipinski definition) is 1. The molecule has 1 fully saturated rings. The number of nitrogens with one attached hydrogen (secondary N) is 1. The Morgan fingerprint density at radius 1 is 1.26 bits per heavy atom. The van der Waals surface area contributed by atoms with Gasteiger partial charge in [0.1, 0.15) is 5.82 Å². The zero-order valence-corrected chi connectivity index (χ0v) is 20.9. The summed E-state index contributed by atoms with van der Waals surface area (Å²) in [7, 11) is 0. The number of nitrogens with zero attached hydrogens (tertiary/aromatic N) is 6. The summed E-state index contributed by atoms with van der Waals surface area (Å²) in [5, 5.41) is 11.9. The molecule has 0 aromatic carbocycles. The van der Waals surface area contributed by atoms with Crippen LogP contribution in [-0.4, -0.2) is 42.4 Å². The topological polar surface area (TPSA) is 88.3 Å². The van der Waals surface area contributed by atoms with Crippen molar-refractivity contribution in [2.75, 3.05) is 5.32 Å². The van der Waals surface area contributed by atoms with Gasteiger partial charge >= 0.3 is 0 Å². The molecule has 3 heterocycles. The summed E-state index contributed by atoms with van der Waals surface area (Å²) in [4.78, 5) is 23.9. The predicted octanol–water partition coefficient (Wildman–Crippen LogP) is 5.36. The van der Waals surface area contributed by atoms with Crippen molar-refractivity contribution in [2.24, 2.45) is 4.99 Å². The van der Waals surface area contributed by atoms with Crippen molar-refractivity contribution in [1.29, 1.82) is 0 Å². The Morgan fingerprint density at radius 2 is 2.03 bits per heavy atom. The maximum absolute atomic E-state index is 11.9. The SMILES string of the molecule is CC=C1C(=NC(=CCC)c2ccncc2NC(C)=O)N(C2CCCC2)C(CC)c2nnc(C)n21. The maximum atomic E-state index is 11.9. The highest BCUT2D eigenvalue weighted by atomic mass is 16.1. The first-order chi connectivity index (χ1) is 16.5. The summed E-state index contributed by atoms with van der Waals surface area (Å²) in [5.74, 6) is 2.67. The first-order valence-corrected chi connectivity index (χ1v) is 12.4. The van der Waals surface area contributed by atoms with Crippen LogP contribution in [0.4, 0.5) is 5.69 Å². The molecule has 2 aliphatic rings. The van der Waals surface area contributed by atoms with Gasteiger partial charge in [0.25, 0.3) is 0 Å². The molecular formula is C26H35N7O. The number of rotatable bonds is 6. The molecule has 1 unspecified atom stereocenters. The standard InChI is InChI=1S/C26H35N7O/c1-6-11-21(20-14-15-27-16-22(20)28-18(5)34)29-25-23(7-2)32-17(4)30-31-26(32)24(8-3)33(25)19-12-9-10-13-19/h7,11,14-16,19,24H,6,8-10,12-13H2,1-5H3,(H,28,34). The predicted molar refractivity (Wildman–Crippen MR) is 136 cm³/mol. The van der Waals surface area contributed by atoms with E-state index in [2.05, 4.69) is 56.0 Å². The minimum atomic E-state index is -0.132. The van der Waals surface area contributed by atoms with Crippen LogP contribution in [0.5, 0.6) is 0 Å². The van der Waals surface area contributed by atoms with E-state index in [1.807, 2.05) is 19.9 Å². The van der Waals surface area contributed by atoms with Gasteiger partial charge < -0.3 is 10.2 Å². The highest BCUT2D eigenvalue weighted by Crippen LogP contribution is 2.40. The normalized spacial score (nSPS) is 21.4.